The van der Waals surface area contributed by atoms with E-state index in [1.54, 1.807) is 0 Å². The number of aryl methyl sites for hydroxylation is 1. The first-order valence-electron chi connectivity index (χ1n) is 6.04. The molecule has 1 aliphatic heterocycles. The normalized spacial score (nSPS) is 18.6. The van der Waals surface area contributed by atoms with Gasteiger partial charge in [0.05, 0.1) is 0 Å². The van der Waals surface area contributed by atoms with E-state index < -0.39 is 18.0 Å². The summed E-state index contributed by atoms with van der Waals surface area (Å²) in [6, 6.07) is -1.57. The van der Waals surface area contributed by atoms with Crippen LogP contribution >= 0.6 is 11.3 Å². The van der Waals surface area contributed by atoms with Crippen molar-refractivity contribution in [2.24, 2.45) is 0 Å². The Morgan fingerprint density at radius 3 is 2.90 bits per heavy atom. The SMILES string of the molecule is Cc1cscc1CNC(=O)N1CC(=O)NCC1C(=O)O. The molecule has 1 saturated heterocycles. The zero-order valence-electron chi connectivity index (χ0n) is 10.9. The van der Waals surface area contributed by atoms with E-state index in [1.165, 1.54) is 11.3 Å². The van der Waals surface area contributed by atoms with E-state index in [9.17, 15) is 14.4 Å². The Morgan fingerprint density at radius 1 is 1.55 bits per heavy atom. The summed E-state index contributed by atoms with van der Waals surface area (Å²) in [6.45, 7) is 1.94. The maximum Gasteiger partial charge on any atom is 0.328 e. The number of hydrogen-bond donors (Lipinski definition) is 3. The smallest absolute Gasteiger partial charge is 0.328 e. The third-order valence-electron chi connectivity index (χ3n) is 3.12. The first kappa shape index (κ1) is 14.3. The van der Waals surface area contributed by atoms with Crippen molar-refractivity contribution < 1.29 is 19.5 Å². The van der Waals surface area contributed by atoms with Gasteiger partial charge in [0.15, 0.2) is 0 Å². The second kappa shape index (κ2) is 5.91. The van der Waals surface area contributed by atoms with Crippen LogP contribution < -0.4 is 10.6 Å². The number of carboxylic acids is 1. The van der Waals surface area contributed by atoms with Gasteiger partial charge in [-0.2, -0.15) is 11.3 Å². The highest BCUT2D eigenvalue weighted by Gasteiger charge is 2.35. The summed E-state index contributed by atoms with van der Waals surface area (Å²) in [7, 11) is 0. The number of urea groups is 1. The van der Waals surface area contributed by atoms with Gasteiger partial charge in [0.2, 0.25) is 5.91 Å². The second-order valence-corrected chi connectivity index (χ2v) is 5.27. The predicted molar refractivity (Wildman–Crippen MR) is 72.4 cm³/mol. The van der Waals surface area contributed by atoms with Crippen LogP contribution in [-0.2, 0) is 16.1 Å². The Labute approximate surface area is 119 Å². The van der Waals surface area contributed by atoms with Crippen LogP contribution in [0.25, 0.3) is 0 Å². The Bertz CT molecular complexity index is 543. The van der Waals surface area contributed by atoms with E-state index in [0.717, 1.165) is 16.0 Å². The molecule has 2 rings (SSSR count). The van der Waals surface area contributed by atoms with Crippen LogP contribution in [0.15, 0.2) is 10.8 Å². The number of thiophene rings is 1. The molecule has 7 nitrogen and oxygen atoms in total. The predicted octanol–water partition coefficient (Wildman–Crippen LogP) is 0.151. The average molecular weight is 297 g/mol. The zero-order chi connectivity index (χ0) is 14.7. The molecule has 1 aromatic rings. The van der Waals surface area contributed by atoms with Crippen LogP contribution in [0.1, 0.15) is 11.1 Å². The molecule has 1 aliphatic rings. The summed E-state index contributed by atoms with van der Waals surface area (Å²) < 4.78 is 0. The number of piperazine rings is 1. The molecule has 0 aliphatic carbocycles. The van der Waals surface area contributed by atoms with Crippen LogP contribution in [0.2, 0.25) is 0 Å². The molecule has 0 bridgehead atoms. The van der Waals surface area contributed by atoms with Gasteiger partial charge in [-0.3, -0.25) is 9.69 Å². The highest BCUT2D eigenvalue weighted by Crippen LogP contribution is 2.13. The van der Waals surface area contributed by atoms with Gasteiger partial charge < -0.3 is 15.7 Å². The zero-order valence-corrected chi connectivity index (χ0v) is 11.7. The number of rotatable bonds is 3. The van der Waals surface area contributed by atoms with E-state index in [2.05, 4.69) is 10.6 Å². The number of amides is 3. The van der Waals surface area contributed by atoms with Gasteiger partial charge in [-0.15, -0.1) is 0 Å². The molecule has 1 aromatic heterocycles. The number of nitrogens with one attached hydrogen (secondary N) is 2. The van der Waals surface area contributed by atoms with Crippen molar-refractivity contribution in [3.05, 3.63) is 21.9 Å². The topological polar surface area (TPSA) is 98.7 Å². The van der Waals surface area contributed by atoms with Crippen LogP contribution in [0.3, 0.4) is 0 Å². The molecule has 2 heterocycles. The van der Waals surface area contributed by atoms with Crippen LogP contribution in [0.5, 0.6) is 0 Å². The van der Waals surface area contributed by atoms with Crippen LogP contribution in [0, 0.1) is 6.92 Å². The molecule has 0 radical (unpaired) electrons. The number of carboxylic acid groups (broad SMARTS) is 1. The quantitative estimate of drug-likeness (QED) is 0.739. The maximum atomic E-state index is 12.0. The van der Waals surface area contributed by atoms with Gasteiger partial charge in [-0.25, -0.2) is 9.59 Å². The molecule has 3 amide bonds. The van der Waals surface area contributed by atoms with Crippen molar-refractivity contribution in [3.8, 4) is 0 Å². The lowest BCUT2D eigenvalue weighted by atomic mass is 10.2. The molecule has 108 valence electrons. The second-order valence-electron chi connectivity index (χ2n) is 4.52. The summed E-state index contributed by atoms with van der Waals surface area (Å²) in [5, 5.41) is 18.0. The van der Waals surface area contributed by atoms with Crippen LogP contribution in [0.4, 0.5) is 4.79 Å². The summed E-state index contributed by atoms with van der Waals surface area (Å²) in [5.74, 6) is -1.49. The molecule has 1 unspecified atom stereocenters. The first-order valence-corrected chi connectivity index (χ1v) is 6.99. The maximum absolute atomic E-state index is 12.0. The first-order chi connectivity index (χ1) is 9.49. The number of hydrogen-bond acceptors (Lipinski definition) is 4. The van der Waals surface area contributed by atoms with E-state index >= 15 is 0 Å². The lowest BCUT2D eigenvalue weighted by Gasteiger charge is -2.32. The number of carbonyl (C=O) groups excluding carboxylic acids is 2. The van der Waals surface area contributed by atoms with Crippen molar-refractivity contribution in [2.75, 3.05) is 13.1 Å². The molecule has 8 heteroatoms. The number of nitrogens with zero attached hydrogens (tertiary/aromatic N) is 1. The minimum Gasteiger partial charge on any atom is -0.480 e. The molecule has 1 fully saturated rings. The van der Waals surface area contributed by atoms with Crippen molar-refractivity contribution in [2.45, 2.75) is 19.5 Å². The van der Waals surface area contributed by atoms with E-state index in [1.807, 2.05) is 17.7 Å². The molecular weight excluding hydrogens is 282 g/mol. The Balaban J connectivity index is 2.00. The summed E-state index contributed by atoms with van der Waals surface area (Å²) in [5.41, 5.74) is 2.05. The highest BCUT2D eigenvalue weighted by atomic mass is 32.1. The summed E-state index contributed by atoms with van der Waals surface area (Å²) in [6.07, 6.45) is 0. The highest BCUT2D eigenvalue weighted by molar-refractivity contribution is 7.08. The van der Waals surface area contributed by atoms with Crippen molar-refractivity contribution >= 4 is 29.2 Å². The van der Waals surface area contributed by atoms with E-state index in [0.29, 0.717) is 6.54 Å². The summed E-state index contributed by atoms with van der Waals surface area (Å²) in [4.78, 5) is 35.5. The lowest BCUT2D eigenvalue weighted by Crippen LogP contribution is -2.61. The molecule has 3 N–H and O–H groups in total. The van der Waals surface area contributed by atoms with Crippen molar-refractivity contribution in [1.82, 2.24) is 15.5 Å². The Kier molecular flexibility index (Phi) is 4.23. The van der Waals surface area contributed by atoms with Gasteiger partial charge in [-0.1, -0.05) is 0 Å². The van der Waals surface area contributed by atoms with E-state index in [-0.39, 0.29) is 19.0 Å². The lowest BCUT2D eigenvalue weighted by molar-refractivity contribution is -0.144. The van der Waals surface area contributed by atoms with Crippen molar-refractivity contribution in [3.63, 3.8) is 0 Å². The molecule has 20 heavy (non-hydrogen) atoms. The molecule has 1 atom stereocenters. The monoisotopic (exact) mass is 297 g/mol. The minimum atomic E-state index is -1.13. The van der Waals surface area contributed by atoms with E-state index in [4.69, 9.17) is 5.11 Å². The van der Waals surface area contributed by atoms with Gasteiger partial charge in [0.25, 0.3) is 0 Å². The summed E-state index contributed by atoms with van der Waals surface area (Å²) >= 11 is 1.54. The fourth-order valence-corrected chi connectivity index (χ4v) is 2.77. The average Bonchev–Trinajstić information content (AvgIpc) is 2.81. The minimum absolute atomic E-state index is 0.0704. The number of carbonyl (C=O) groups is 3. The van der Waals surface area contributed by atoms with Gasteiger partial charge in [0, 0.05) is 13.1 Å². The fraction of sp³-hybridized carbons (Fsp3) is 0.417. The largest absolute Gasteiger partial charge is 0.480 e. The van der Waals surface area contributed by atoms with Gasteiger partial charge >= 0.3 is 12.0 Å². The van der Waals surface area contributed by atoms with Crippen molar-refractivity contribution in [1.29, 1.82) is 0 Å². The van der Waals surface area contributed by atoms with Crippen LogP contribution in [-0.4, -0.2) is 47.0 Å². The van der Waals surface area contributed by atoms with Gasteiger partial charge in [-0.05, 0) is 28.8 Å². The Morgan fingerprint density at radius 2 is 2.30 bits per heavy atom. The molecule has 0 spiro atoms. The third-order valence-corrected chi connectivity index (χ3v) is 4.03. The Hall–Kier alpha value is -2.09. The fourth-order valence-electron chi connectivity index (χ4n) is 1.92. The third kappa shape index (κ3) is 3.08. The number of aliphatic carboxylic acids is 1. The molecular formula is C12H15N3O4S. The molecule has 0 aromatic carbocycles. The standard InChI is InChI=1S/C12H15N3O4S/c1-7-5-20-6-8(7)2-14-12(19)15-4-10(16)13-3-9(15)11(17)18/h5-6,9H,2-4H2,1H3,(H,13,16)(H,14,19)(H,17,18). The molecule has 0 saturated carbocycles. The van der Waals surface area contributed by atoms with Gasteiger partial charge in [0.1, 0.15) is 12.6 Å².